The van der Waals surface area contributed by atoms with Gasteiger partial charge in [-0.2, -0.15) is 0 Å². The van der Waals surface area contributed by atoms with Gasteiger partial charge in [-0.15, -0.1) is 0 Å². The van der Waals surface area contributed by atoms with Gasteiger partial charge in [-0.05, 0) is 40.3 Å². The van der Waals surface area contributed by atoms with Crippen molar-refractivity contribution in [2.45, 2.75) is 0 Å². The van der Waals surface area contributed by atoms with Crippen molar-refractivity contribution < 1.29 is 10.0 Å². The fourth-order valence-corrected chi connectivity index (χ4v) is 4.23. The van der Waals surface area contributed by atoms with Crippen LogP contribution < -0.4 is 5.46 Å². The van der Waals surface area contributed by atoms with Crippen molar-refractivity contribution in [2.75, 3.05) is 0 Å². The largest absolute Gasteiger partial charge is 0.727 e. The second kappa shape index (κ2) is 11.7. The van der Waals surface area contributed by atoms with E-state index in [-0.39, 0.29) is 0 Å². The number of benzene rings is 4. The van der Waals surface area contributed by atoms with Gasteiger partial charge in [0, 0.05) is 48.8 Å². The van der Waals surface area contributed by atoms with Crippen molar-refractivity contribution in [2.24, 2.45) is 0 Å². The summed E-state index contributed by atoms with van der Waals surface area (Å²) >= 11 is 2.32. The number of H-pyrrole nitrogens is 2. The third-order valence-corrected chi connectivity index (χ3v) is 6.22. The highest BCUT2D eigenvalue weighted by atomic mass is 127. The second-order valence-corrected chi connectivity index (χ2v) is 8.77. The highest BCUT2D eigenvalue weighted by Gasteiger charge is 2.19. The average molecular weight is 559 g/mol. The molecule has 0 aliphatic carbocycles. The molecule has 0 unspecified atom stereocenters. The molecule has 0 saturated carbocycles. The monoisotopic (exact) mass is 559 g/mol. The molecular formula is C28H25BIN2O2+. The molecule has 168 valence electrons. The normalized spacial score (nSPS) is 10.2. The molecule has 4 nitrogen and oxygen atoms in total. The zero-order valence-corrected chi connectivity index (χ0v) is 20.6. The summed E-state index contributed by atoms with van der Waals surface area (Å²) in [7, 11) is -1.09. The van der Waals surface area contributed by atoms with Crippen LogP contribution in [0.2, 0.25) is 0 Å². The van der Waals surface area contributed by atoms with Crippen molar-refractivity contribution in [3.05, 3.63) is 125 Å². The lowest BCUT2D eigenvalue weighted by Gasteiger charge is -1.97. The molecule has 0 amide bonds. The topological polar surface area (TPSA) is 74.7 Å². The summed E-state index contributed by atoms with van der Waals surface area (Å²) in [5.74, 6) is 0. The number of para-hydroxylation sites is 2. The van der Waals surface area contributed by atoms with Crippen LogP contribution in [0, 0.1) is 3.57 Å². The molecule has 0 radical (unpaired) electrons. The minimum atomic E-state index is -1.09. The van der Waals surface area contributed by atoms with Crippen molar-refractivity contribution >= 4 is 57.0 Å². The minimum absolute atomic E-state index is 0.637. The van der Waals surface area contributed by atoms with E-state index in [1.165, 1.54) is 36.5 Å². The molecule has 0 bridgehead atoms. The standard InChI is InChI=1S/C14H11N.C8H6IN.C6H7BO2/c1-2-6-11(7-3-1)13-10-15-14-9-5-4-8-12(13)14;9-7-5-10-8-4-2-1-3-6(7)8;8-7(9)6-4-2-1-3-5-6/h1-10,15H;1-5,10H;1-5,8-9H/p+1. The van der Waals surface area contributed by atoms with Gasteiger partial charge in [-0.25, -0.2) is 0 Å². The molecule has 5 N–H and O–H groups in total. The quantitative estimate of drug-likeness (QED) is 0.142. The van der Waals surface area contributed by atoms with Crippen LogP contribution in [0.3, 0.4) is 0 Å². The maximum atomic E-state index is 8.69. The van der Waals surface area contributed by atoms with Crippen molar-refractivity contribution in [3.63, 3.8) is 0 Å². The summed E-state index contributed by atoms with van der Waals surface area (Å²) in [5.41, 5.74) is 5.57. The van der Waals surface area contributed by atoms with E-state index >= 15 is 0 Å². The summed E-state index contributed by atoms with van der Waals surface area (Å²) < 4.78 is 1.29. The first-order valence-corrected chi connectivity index (χ1v) is 12.0. The Bertz CT molecular complexity index is 1450. The maximum Gasteiger partial charge on any atom is 0.727 e. The van der Waals surface area contributed by atoms with E-state index in [1.807, 2.05) is 30.5 Å². The predicted molar refractivity (Wildman–Crippen MR) is 152 cm³/mol. The van der Waals surface area contributed by atoms with Gasteiger partial charge >= 0.3 is 7.12 Å². The van der Waals surface area contributed by atoms with E-state index in [0.29, 0.717) is 5.46 Å². The molecule has 0 aliphatic heterocycles. The van der Waals surface area contributed by atoms with E-state index in [2.05, 4.69) is 99.4 Å². The van der Waals surface area contributed by atoms with E-state index < -0.39 is 7.12 Å². The van der Waals surface area contributed by atoms with Crippen LogP contribution in [-0.2, 0) is 0 Å². The highest BCUT2D eigenvalue weighted by molar-refractivity contribution is 14.1. The van der Waals surface area contributed by atoms with Gasteiger partial charge < -0.3 is 20.0 Å². The molecule has 2 heterocycles. The van der Waals surface area contributed by atoms with Crippen LogP contribution in [0.1, 0.15) is 0 Å². The Morgan fingerprint density at radius 2 is 1.12 bits per heavy atom. The number of aromatic amines is 2. The van der Waals surface area contributed by atoms with Crippen LogP contribution >= 0.6 is 22.6 Å². The van der Waals surface area contributed by atoms with Gasteiger partial charge in [0.1, 0.15) is 0 Å². The first-order chi connectivity index (χ1) is 16.6. The Hall–Kier alpha value is -3.33. The number of halogens is 1. The van der Waals surface area contributed by atoms with E-state index in [4.69, 9.17) is 10.0 Å². The summed E-state index contributed by atoms with van der Waals surface area (Å²) in [6.07, 6.45) is 4.09. The third kappa shape index (κ3) is 5.97. The summed E-state index contributed by atoms with van der Waals surface area (Å²) in [6.45, 7) is 0. The molecule has 6 rings (SSSR count). The fraction of sp³-hybridized carbons (Fsp3) is 0. The van der Waals surface area contributed by atoms with Gasteiger partial charge in [-0.1, -0.05) is 97.1 Å². The Morgan fingerprint density at radius 1 is 0.618 bits per heavy atom. The molecule has 0 spiro atoms. The van der Waals surface area contributed by atoms with E-state index in [0.717, 1.165) is 0 Å². The van der Waals surface area contributed by atoms with Crippen LogP contribution in [0.4, 0.5) is 0 Å². The Labute approximate surface area is 212 Å². The predicted octanol–water partition coefficient (Wildman–Crippen LogP) is 5.71. The number of fused-ring (bicyclic) bond motifs is 2. The number of aromatic nitrogens is 2. The van der Waals surface area contributed by atoms with E-state index in [1.54, 1.807) is 24.3 Å². The smallest absolute Gasteiger partial charge is 0.522 e. The van der Waals surface area contributed by atoms with Crippen molar-refractivity contribution in [1.29, 1.82) is 0 Å². The van der Waals surface area contributed by atoms with Crippen molar-refractivity contribution in [3.8, 4) is 11.1 Å². The molecule has 0 aliphatic rings. The lowest BCUT2D eigenvalue weighted by Crippen LogP contribution is -2.29. The lowest BCUT2D eigenvalue weighted by atomic mass is 9.81. The molecule has 34 heavy (non-hydrogen) atoms. The molecule has 0 atom stereocenters. The average Bonchev–Trinajstić information content (AvgIpc) is 3.50. The van der Waals surface area contributed by atoms with Gasteiger partial charge in [0.15, 0.2) is 0 Å². The lowest BCUT2D eigenvalue weighted by molar-refractivity contribution is 0.426. The van der Waals surface area contributed by atoms with Gasteiger partial charge in [0.05, 0.1) is 0 Å². The first-order valence-electron chi connectivity index (χ1n) is 10.9. The molecular weight excluding hydrogens is 534 g/mol. The number of hydrogen-bond donors (Lipinski definition) is 3. The Balaban J connectivity index is 0.000000127. The summed E-state index contributed by atoms with van der Waals surface area (Å²) in [4.78, 5) is 6.47. The minimum Gasteiger partial charge on any atom is -0.522 e. The zero-order valence-electron chi connectivity index (χ0n) is 18.4. The molecule has 2 aromatic heterocycles. The van der Waals surface area contributed by atoms with Gasteiger partial charge in [-0.3, -0.25) is 0 Å². The summed E-state index contributed by atoms with van der Waals surface area (Å²) in [6, 6.07) is 36.0. The SMILES string of the molecule is Ic1c[nH]c2ccccc12.OB([OH2+])c1ccccc1.c1ccc(-c2c[nH]c3ccccc23)cc1. The van der Waals surface area contributed by atoms with Crippen LogP contribution in [-0.4, -0.2) is 27.1 Å². The molecule has 0 saturated heterocycles. The maximum absolute atomic E-state index is 8.69. The van der Waals surface area contributed by atoms with E-state index in [9.17, 15) is 0 Å². The van der Waals surface area contributed by atoms with Crippen LogP contribution in [0.15, 0.2) is 122 Å². The number of hydrogen-bond acceptors (Lipinski definition) is 1. The highest BCUT2D eigenvalue weighted by Crippen LogP contribution is 2.27. The Morgan fingerprint density at radius 3 is 1.71 bits per heavy atom. The molecule has 6 aromatic rings. The molecule has 6 heteroatoms. The van der Waals surface area contributed by atoms with Gasteiger partial charge in [0.25, 0.3) is 0 Å². The van der Waals surface area contributed by atoms with Gasteiger partial charge in [0.2, 0.25) is 0 Å². The number of rotatable bonds is 2. The first kappa shape index (κ1) is 23.8. The number of nitrogens with one attached hydrogen (secondary N) is 2. The Kier molecular flexibility index (Phi) is 8.19. The molecule has 0 fully saturated rings. The third-order valence-electron chi connectivity index (χ3n) is 5.33. The second-order valence-electron chi connectivity index (χ2n) is 7.61. The van der Waals surface area contributed by atoms with Crippen LogP contribution in [0.25, 0.3) is 32.9 Å². The zero-order chi connectivity index (χ0) is 23.8. The van der Waals surface area contributed by atoms with Crippen molar-refractivity contribution in [1.82, 2.24) is 9.97 Å². The fourth-order valence-electron chi connectivity index (χ4n) is 3.60. The molecule has 4 aromatic carbocycles. The summed E-state index contributed by atoms with van der Waals surface area (Å²) in [5, 5.41) is 18.2. The van der Waals surface area contributed by atoms with Crippen LogP contribution in [0.5, 0.6) is 0 Å².